The molecule has 1 aliphatic heterocycles. The molecule has 1 atom stereocenters. The van der Waals surface area contributed by atoms with Crippen LogP contribution in [0.15, 0.2) is 22.7 Å². The van der Waals surface area contributed by atoms with Crippen LogP contribution in [-0.2, 0) is 22.6 Å². The van der Waals surface area contributed by atoms with E-state index in [4.69, 9.17) is 0 Å². The minimum absolute atomic E-state index is 0.113. The average Bonchev–Trinajstić information content (AvgIpc) is 2.36. The van der Waals surface area contributed by atoms with E-state index in [-0.39, 0.29) is 11.8 Å². The van der Waals surface area contributed by atoms with E-state index in [1.807, 2.05) is 18.2 Å². The van der Waals surface area contributed by atoms with Crippen molar-refractivity contribution in [1.29, 1.82) is 0 Å². The lowest BCUT2D eigenvalue weighted by molar-refractivity contribution is -0.152. The molecule has 0 aliphatic carbocycles. The largest absolute Gasteiger partial charge is 0.480 e. The Hall–Kier alpha value is -1.36. The van der Waals surface area contributed by atoms with E-state index in [1.54, 1.807) is 13.8 Å². The van der Waals surface area contributed by atoms with Gasteiger partial charge in [-0.2, -0.15) is 0 Å². The zero-order chi connectivity index (χ0) is 14.2. The summed E-state index contributed by atoms with van der Waals surface area (Å²) in [5, 5.41) is 9.35. The van der Waals surface area contributed by atoms with Crippen LogP contribution in [0.25, 0.3) is 0 Å². The second kappa shape index (κ2) is 5.33. The Kier molecular flexibility index (Phi) is 3.94. The summed E-state index contributed by atoms with van der Waals surface area (Å²) in [4.78, 5) is 25.0. The molecule has 0 aromatic heterocycles. The van der Waals surface area contributed by atoms with Crippen LogP contribution in [-0.4, -0.2) is 27.9 Å². The highest BCUT2D eigenvalue weighted by Crippen LogP contribution is 2.30. The van der Waals surface area contributed by atoms with Crippen LogP contribution in [0.3, 0.4) is 0 Å². The van der Waals surface area contributed by atoms with Gasteiger partial charge in [-0.15, -0.1) is 0 Å². The Labute approximate surface area is 120 Å². The van der Waals surface area contributed by atoms with Crippen molar-refractivity contribution in [3.05, 3.63) is 33.8 Å². The number of aliphatic carboxylic acids is 1. The number of amides is 1. The van der Waals surface area contributed by atoms with Gasteiger partial charge in [-0.1, -0.05) is 41.9 Å². The summed E-state index contributed by atoms with van der Waals surface area (Å²) in [7, 11) is 0. The number of hydrogen-bond acceptors (Lipinski definition) is 2. The maximum absolute atomic E-state index is 12.2. The molecule has 1 aromatic carbocycles. The predicted octanol–water partition coefficient (Wildman–Crippen LogP) is 2.44. The molecule has 0 spiro atoms. The molecule has 1 N–H and O–H groups in total. The van der Waals surface area contributed by atoms with Gasteiger partial charge in [-0.05, 0) is 17.2 Å². The third-order valence-corrected chi connectivity index (χ3v) is 4.14. The summed E-state index contributed by atoms with van der Waals surface area (Å²) < 4.78 is 0.910. The topological polar surface area (TPSA) is 57.6 Å². The smallest absolute Gasteiger partial charge is 0.326 e. The van der Waals surface area contributed by atoms with Crippen molar-refractivity contribution in [2.75, 3.05) is 0 Å². The van der Waals surface area contributed by atoms with Gasteiger partial charge in [0, 0.05) is 23.4 Å². The third kappa shape index (κ3) is 2.66. The third-order valence-electron chi connectivity index (χ3n) is 3.39. The Morgan fingerprint density at radius 3 is 2.68 bits per heavy atom. The van der Waals surface area contributed by atoms with Crippen LogP contribution in [0.5, 0.6) is 0 Å². The number of carboxylic acid groups (broad SMARTS) is 1. The number of halogens is 1. The van der Waals surface area contributed by atoms with Crippen molar-refractivity contribution >= 4 is 27.8 Å². The Morgan fingerprint density at radius 2 is 2.11 bits per heavy atom. The van der Waals surface area contributed by atoms with Gasteiger partial charge in [-0.25, -0.2) is 4.79 Å². The monoisotopic (exact) mass is 325 g/mol. The molecule has 0 fully saturated rings. The van der Waals surface area contributed by atoms with Gasteiger partial charge in [0.25, 0.3) is 0 Å². The molecular weight excluding hydrogens is 310 g/mol. The number of benzene rings is 1. The zero-order valence-electron chi connectivity index (χ0n) is 10.9. The van der Waals surface area contributed by atoms with E-state index in [1.165, 1.54) is 4.90 Å². The van der Waals surface area contributed by atoms with Gasteiger partial charge in [0.05, 0.1) is 0 Å². The average molecular weight is 326 g/mol. The molecule has 102 valence electrons. The lowest BCUT2D eigenvalue weighted by atomic mass is 9.93. The van der Waals surface area contributed by atoms with Crippen molar-refractivity contribution < 1.29 is 14.7 Å². The van der Waals surface area contributed by atoms with Gasteiger partial charge in [0.1, 0.15) is 6.04 Å². The van der Waals surface area contributed by atoms with E-state index in [9.17, 15) is 14.7 Å². The standard InChI is InChI=1S/C14H16BrNO3/c1-8(2)13(17)16-7-9-4-3-5-11(15)10(9)6-12(16)14(18)19/h3-5,8,12H,6-7H2,1-2H3,(H,18,19). The first-order valence-electron chi connectivity index (χ1n) is 6.21. The number of carboxylic acids is 1. The molecule has 1 amide bonds. The molecule has 5 heteroatoms. The van der Waals surface area contributed by atoms with E-state index in [0.717, 1.165) is 15.6 Å². The molecule has 1 aliphatic rings. The number of hydrogen-bond donors (Lipinski definition) is 1. The molecule has 1 heterocycles. The van der Waals surface area contributed by atoms with Crippen LogP contribution >= 0.6 is 15.9 Å². The summed E-state index contributed by atoms with van der Waals surface area (Å²) in [6, 6.07) is 4.97. The SMILES string of the molecule is CC(C)C(=O)N1Cc2cccc(Br)c2CC1C(=O)O. The number of rotatable bonds is 2. The van der Waals surface area contributed by atoms with Gasteiger partial charge < -0.3 is 10.0 Å². The molecule has 19 heavy (non-hydrogen) atoms. The summed E-state index contributed by atoms with van der Waals surface area (Å²) in [5.41, 5.74) is 2.00. The van der Waals surface area contributed by atoms with E-state index < -0.39 is 12.0 Å². The normalized spacial score (nSPS) is 18.3. The molecule has 4 nitrogen and oxygen atoms in total. The molecule has 0 bridgehead atoms. The van der Waals surface area contributed by atoms with Crippen LogP contribution in [0.1, 0.15) is 25.0 Å². The van der Waals surface area contributed by atoms with Crippen LogP contribution in [0.2, 0.25) is 0 Å². The minimum atomic E-state index is -0.949. The first-order valence-corrected chi connectivity index (χ1v) is 7.00. The Bertz CT molecular complexity index is 527. The van der Waals surface area contributed by atoms with Gasteiger partial charge in [0.15, 0.2) is 0 Å². The molecule has 1 aromatic rings. The highest BCUT2D eigenvalue weighted by atomic mass is 79.9. The van der Waals surface area contributed by atoms with Crippen LogP contribution in [0.4, 0.5) is 0 Å². The quantitative estimate of drug-likeness (QED) is 0.908. The van der Waals surface area contributed by atoms with Crippen LogP contribution < -0.4 is 0 Å². The highest BCUT2D eigenvalue weighted by Gasteiger charge is 2.35. The van der Waals surface area contributed by atoms with Crippen LogP contribution in [0, 0.1) is 5.92 Å². The van der Waals surface area contributed by atoms with E-state index in [0.29, 0.717) is 13.0 Å². The molecule has 0 saturated carbocycles. The lowest BCUT2D eigenvalue weighted by Gasteiger charge is -2.36. The van der Waals surface area contributed by atoms with Crippen molar-refractivity contribution in [2.45, 2.75) is 32.9 Å². The maximum atomic E-state index is 12.2. The number of nitrogens with zero attached hydrogens (tertiary/aromatic N) is 1. The number of carbonyl (C=O) groups excluding carboxylic acids is 1. The minimum Gasteiger partial charge on any atom is -0.480 e. The summed E-state index contributed by atoms with van der Waals surface area (Å²) in [5.74, 6) is -1.26. The van der Waals surface area contributed by atoms with Gasteiger partial charge >= 0.3 is 5.97 Å². The number of carbonyl (C=O) groups is 2. The summed E-state index contributed by atoms with van der Waals surface area (Å²) in [6.45, 7) is 3.94. The van der Waals surface area contributed by atoms with Crippen molar-refractivity contribution in [3.8, 4) is 0 Å². The summed E-state index contributed by atoms with van der Waals surface area (Å²) >= 11 is 3.45. The Morgan fingerprint density at radius 1 is 1.42 bits per heavy atom. The Balaban J connectivity index is 2.40. The van der Waals surface area contributed by atoms with E-state index in [2.05, 4.69) is 15.9 Å². The summed E-state index contributed by atoms with van der Waals surface area (Å²) in [6.07, 6.45) is 0.352. The fraction of sp³-hybridized carbons (Fsp3) is 0.429. The molecular formula is C14H16BrNO3. The molecule has 0 radical (unpaired) electrons. The van der Waals surface area contributed by atoms with Crippen molar-refractivity contribution in [3.63, 3.8) is 0 Å². The van der Waals surface area contributed by atoms with E-state index >= 15 is 0 Å². The number of fused-ring (bicyclic) bond motifs is 1. The van der Waals surface area contributed by atoms with Gasteiger partial charge in [0.2, 0.25) is 5.91 Å². The fourth-order valence-corrected chi connectivity index (χ4v) is 2.93. The second-order valence-electron chi connectivity index (χ2n) is 5.06. The fourth-order valence-electron chi connectivity index (χ4n) is 2.36. The predicted molar refractivity (Wildman–Crippen MR) is 74.7 cm³/mol. The lowest BCUT2D eigenvalue weighted by Crippen LogP contribution is -2.50. The molecule has 0 saturated heterocycles. The van der Waals surface area contributed by atoms with Crippen molar-refractivity contribution in [2.24, 2.45) is 5.92 Å². The first-order chi connectivity index (χ1) is 8.91. The zero-order valence-corrected chi connectivity index (χ0v) is 12.5. The molecule has 2 rings (SSSR count). The maximum Gasteiger partial charge on any atom is 0.326 e. The van der Waals surface area contributed by atoms with Gasteiger partial charge in [-0.3, -0.25) is 4.79 Å². The highest BCUT2D eigenvalue weighted by molar-refractivity contribution is 9.10. The second-order valence-corrected chi connectivity index (χ2v) is 5.91. The van der Waals surface area contributed by atoms with Crippen molar-refractivity contribution in [1.82, 2.24) is 4.90 Å². The first kappa shape index (κ1) is 14.1. The molecule has 1 unspecified atom stereocenters.